The van der Waals surface area contributed by atoms with Crippen molar-refractivity contribution >= 4 is 17.6 Å². The average Bonchev–Trinajstić information content (AvgIpc) is 2.82. The third-order valence-electron chi connectivity index (χ3n) is 2.38. The lowest BCUT2D eigenvalue weighted by atomic mass is 10.5. The zero-order valence-corrected chi connectivity index (χ0v) is 11.9. The molecule has 0 bridgehead atoms. The second kappa shape index (κ2) is 6.69. The van der Waals surface area contributed by atoms with Crippen LogP contribution >= 0.6 is 0 Å². The van der Waals surface area contributed by atoms with E-state index in [0.717, 1.165) is 18.7 Å². The predicted octanol–water partition coefficient (Wildman–Crippen LogP) is 1.57. The number of ether oxygens (including phenoxy) is 1. The van der Waals surface area contributed by atoms with Crippen LogP contribution in [0, 0.1) is 0 Å². The lowest BCUT2D eigenvalue weighted by Crippen LogP contribution is -2.09. The molecule has 2 aromatic heterocycles. The summed E-state index contributed by atoms with van der Waals surface area (Å²) in [5.74, 6) is 0.923. The molecule has 0 radical (unpaired) electrons. The predicted molar refractivity (Wildman–Crippen MR) is 76.3 cm³/mol. The Kier molecular flexibility index (Phi) is 4.70. The third kappa shape index (κ3) is 3.81. The van der Waals surface area contributed by atoms with Crippen LogP contribution < -0.4 is 15.4 Å². The van der Waals surface area contributed by atoms with E-state index < -0.39 is 0 Å². The SMILES string of the molecule is CCCNc1nc(Nc2cnn(C)c2)nc(OCC)n1. The number of nitrogens with zero attached hydrogens (tertiary/aromatic N) is 5. The number of aromatic nitrogens is 5. The van der Waals surface area contributed by atoms with Crippen molar-refractivity contribution in [1.82, 2.24) is 24.7 Å². The molecule has 8 nitrogen and oxygen atoms in total. The van der Waals surface area contributed by atoms with Crippen LogP contribution in [-0.4, -0.2) is 37.9 Å². The van der Waals surface area contributed by atoms with Crippen LogP contribution in [0.15, 0.2) is 12.4 Å². The molecule has 0 unspecified atom stereocenters. The summed E-state index contributed by atoms with van der Waals surface area (Å²) in [6, 6.07) is 0.299. The minimum atomic E-state index is 0.299. The highest BCUT2D eigenvalue weighted by atomic mass is 16.5. The Hall–Kier alpha value is -2.38. The van der Waals surface area contributed by atoms with Crippen LogP contribution in [-0.2, 0) is 7.05 Å². The number of aryl methyl sites for hydroxylation is 1. The molecule has 0 saturated carbocycles. The van der Waals surface area contributed by atoms with Gasteiger partial charge in [-0.1, -0.05) is 6.92 Å². The molecule has 2 N–H and O–H groups in total. The van der Waals surface area contributed by atoms with Crippen LogP contribution in [0.3, 0.4) is 0 Å². The van der Waals surface area contributed by atoms with Gasteiger partial charge in [0.25, 0.3) is 0 Å². The van der Waals surface area contributed by atoms with E-state index in [1.165, 1.54) is 0 Å². The molecule has 0 amide bonds. The van der Waals surface area contributed by atoms with E-state index in [1.54, 1.807) is 10.9 Å². The number of hydrogen-bond acceptors (Lipinski definition) is 7. The molecule has 0 aliphatic carbocycles. The summed E-state index contributed by atoms with van der Waals surface area (Å²) in [7, 11) is 1.85. The van der Waals surface area contributed by atoms with E-state index >= 15 is 0 Å². The first-order valence-corrected chi connectivity index (χ1v) is 6.59. The quantitative estimate of drug-likeness (QED) is 0.793. The lowest BCUT2D eigenvalue weighted by molar-refractivity contribution is 0.312. The van der Waals surface area contributed by atoms with Gasteiger partial charge in [-0.05, 0) is 13.3 Å². The fourth-order valence-electron chi connectivity index (χ4n) is 1.54. The topological polar surface area (TPSA) is 89.8 Å². The van der Waals surface area contributed by atoms with Crippen LogP contribution in [0.25, 0.3) is 0 Å². The normalized spacial score (nSPS) is 10.3. The van der Waals surface area contributed by atoms with Crippen LogP contribution in [0.2, 0.25) is 0 Å². The molecule has 0 fully saturated rings. The second-order valence-electron chi connectivity index (χ2n) is 4.15. The standard InChI is InChI=1S/C12H19N7O/c1-4-6-13-10-16-11(18-12(17-10)20-5-2)15-9-7-14-19(3)8-9/h7-8H,4-6H2,1-3H3,(H2,13,15,16,17,18). The lowest BCUT2D eigenvalue weighted by Gasteiger charge is -2.08. The van der Waals surface area contributed by atoms with E-state index in [9.17, 15) is 0 Å². The number of rotatable bonds is 7. The van der Waals surface area contributed by atoms with Gasteiger partial charge in [-0.25, -0.2) is 0 Å². The Morgan fingerprint density at radius 3 is 2.65 bits per heavy atom. The third-order valence-corrected chi connectivity index (χ3v) is 2.38. The van der Waals surface area contributed by atoms with Gasteiger partial charge in [0.1, 0.15) is 0 Å². The molecule has 0 aromatic carbocycles. The smallest absolute Gasteiger partial charge is 0.323 e. The fourth-order valence-corrected chi connectivity index (χ4v) is 1.54. The van der Waals surface area contributed by atoms with Gasteiger partial charge < -0.3 is 15.4 Å². The zero-order valence-electron chi connectivity index (χ0n) is 11.9. The van der Waals surface area contributed by atoms with Crippen molar-refractivity contribution in [2.45, 2.75) is 20.3 Å². The highest BCUT2D eigenvalue weighted by Gasteiger charge is 2.08. The Morgan fingerprint density at radius 1 is 1.20 bits per heavy atom. The first kappa shape index (κ1) is 14.0. The van der Waals surface area contributed by atoms with E-state index in [0.29, 0.717) is 24.5 Å². The van der Waals surface area contributed by atoms with Gasteiger partial charge in [0, 0.05) is 19.8 Å². The minimum absolute atomic E-state index is 0.299. The molecule has 0 saturated heterocycles. The van der Waals surface area contributed by atoms with Gasteiger partial charge in [0.15, 0.2) is 0 Å². The summed E-state index contributed by atoms with van der Waals surface area (Å²) in [5.41, 5.74) is 0.808. The molecule has 8 heteroatoms. The summed E-state index contributed by atoms with van der Waals surface area (Å²) in [6.07, 6.45) is 4.52. The van der Waals surface area contributed by atoms with Gasteiger partial charge in [-0.2, -0.15) is 20.1 Å². The summed E-state index contributed by atoms with van der Waals surface area (Å²) >= 11 is 0. The van der Waals surface area contributed by atoms with Crippen molar-refractivity contribution < 1.29 is 4.74 Å². The Balaban J connectivity index is 2.18. The van der Waals surface area contributed by atoms with Gasteiger partial charge >= 0.3 is 6.01 Å². The van der Waals surface area contributed by atoms with Crippen molar-refractivity contribution in [2.24, 2.45) is 7.05 Å². The number of anilines is 3. The fraction of sp³-hybridized carbons (Fsp3) is 0.500. The van der Waals surface area contributed by atoms with Crippen molar-refractivity contribution in [3.63, 3.8) is 0 Å². The zero-order chi connectivity index (χ0) is 14.4. The van der Waals surface area contributed by atoms with Gasteiger partial charge in [0.05, 0.1) is 18.5 Å². The van der Waals surface area contributed by atoms with Gasteiger partial charge in [-0.15, -0.1) is 0 Å². The van der Waals surface area contributed by atoms with E-state index in [2.05, 4.69) is 37.6 Å². The van der Waals surface area contributed by atoms with Crippen LogP contribution in [0.1, 0.15) is 20.3 Å². The molecule has 0 atom stereocenters. The largest absolute Gasteiger partial charge is 0.464 e. The Labute approximate surface area is 117 Å². The van der Waals surface area contributed by atoms with Crippen LogP contribution in [0.4, 0.5) is 17.6 Å². The Bertz CT molecular complexity index is 554. The monoisotopic (exact) mass is 277 g/mol. The van der Waals surface area contributed by atoms with E-state index in [1.807, 2.05) is 20.2 Å². The minimum Gasteiger partial charge on any atom is -0.464 e. The maximum absolute atomic E-state index is 5.35. The molecule has 0 spiro atoms. The highest BCUT2D eigenvalue weighted by Crippen LogP contribution is 2.15. The highest BCUT2D eigenvalue weighted by molar-refractivity contribution is 5.51. The number of hydrogen-bond donors (Lipinski definition) is 2. The molecule has 2 heterocycles. The summed E-state index contributed by atoms with van der Waals surface area (Å²) in [6.45, 7) is 5.26. The molecule has 2 aromatic rings. The first-order valence-electron chi connectivity index (χ1n) is 6.59. The molecular weight excluding hydrogens is 258 g/mol. The van der Waals surface area contributed by atoms with Gasteiger partial charge in [-0.3, -0.25) is 4.68 Å². The molecule has 0 aliphatic heterocycles. The number of nitrogens with one attached hydrogen (secondary N) is 2. The van der Waals surface area contributed by atoms with E-state index in [4.69, 9.17) is 4.74 Å². The maximum atomic E-state index is 5.35. The summed E-state index contributed by atoms with van der Waals surface area (Å²) in [4.78, 5) is 12.7. The summed E-state index contributed by atoms with van der Waals surface area (Å²) < 4.78 is 7.04. The van der Waals surface area contributed by atoms with Crippen LogP contribution in [0.5, 0.6) is 6.01 Å². The van der Waals surface area contributed by atoms with E-state index in [-0.39, 0.29) is 0 Å². The van der Waals surface area contributed by atoms with Gasteiger partial charge in [0.2, 0.25) is 11.9 Å². The molecule has 2 rings (SSSR count). The maximum Gasteiger partial charge on any atom is 0.323 e. The first-order chi connectivity index (χ1) is 9.71. The second-order valence-corrected chi connectivity index (χ2v) is 4.15. The van der Waals surface area contributed by atoms with Crippen molar-refractivity contribution in [1.29, 1.82) is 0 Å². The summed E-state index contributed by atoms with van der Waals surface area (Å²) in [5, 5.41) is 10.3. The Morgan fingerprint density at radius 2 is 2.00 bits per heavy atom. The molecule has 108 valence electrons. The van der Waals surface area contributed by atoms with Crippen molar-refractivity contribution in [3.8, 4) is 6.01 Å². The van der Waals surface area contributed by atoms with Crippen molar-refractivity contribution in [2.75, 3.05) is 23.8 Å². The molecule has 20 heavy (non-hydrogen) atoms. The molecule has 0 aliphatic rings. The molecular formula is C12H19N7O. The van der Waals surface area contributed by atoms with Crippen molar-refractivity contribution in [3.05, 3.63) is 12.4 Å². The average molecular weight is 277 g/mol.